The number of hydrogen-bond donors (Lipinski definition) is 21. The lowest BCUT2D eigenvalue weighted by molar-refractivity contribution is -0.131. The van der Waals surface area contributed by atoms with Crippen molar-refractivity contribution in [2.45, 2.75) is 75.2 Å². The molecule has 0 bridgehead atoms. The molecule has 0 radical (unpaired) electrons. The van der Waals surface area contributed by atoms with Crippen LogP contribution in [0.25, 0.3) is 0 Å². The van der Waals surface area contributed by atoms with Gasteiger partial charge in [0.15, 0.2) is 18.3 Å². The lowest BCUT2D eigenvalue weighted by atomic mass is 9.99. The number of rotatable bonds is 34. The predicted molar refractivity (Wildman–Crippen MR) is 392 cm³/mol. The van der Waals surface area contributed by atoms with Gasteiger partial charge in [-0.2, -0.15) is 0 Å². The van der Waals surface area contributed by atoms with E-state index in [2.05, 4.69) is 31.9 Å². The molecule has 3 rings (SSSR count). The van der Waals surface area contributed by atoms with Crippen LogP contribution >= 0.6 is 158 Å². The number of hydrogen-bond acceptors (Lipinski definition) is 24. The molecule has 9 atom stereocenters. The SMILES string of the molecule is Cc1c(NC(=O)C(O)C(O)CO)c(I)c(C(=O)NCC(O)CO)c(I)c1C(=O)N(C)CCN(CCCN(C)C(=O)c1c(I)c(NC(=O)C(O)C(O)CO)c(I)c(C(=O)NCC(O)CO)c1I)C(=O)c1c(C)c(NC(=O)C(O)C(O)CO)c(I)c(C(=O)NCC(O)CO)c1I. The third-order valence-corrected chi connectivity index (χ3v) is 21.4. The van der Waals surface area contributed by atoms with Gasteiger partial charge in [0.2, 0.25) is 0 Å². The maximum absolute atomic E-state index is 15.6. The lowest BCUT2D eigenvalue weighted by Crippen LogP contribution is -2.43. The van der Waals surface area contributed by atoms with Crippen molar-refractivity contribution in [3.8, 4) is 0 Å². The number of halogens is 7. The van der Waals surface area contributed by atoms with Crippen molar-refractivity contribution >= 4 is 228 Å². The number of carbonyl (C=O) groups excluding carboxylic acids is 9. The predicted octanol–water partition coefficient (Wildman–Crippen LogP) is -3.88. The first-order valence-electron chi connectivity index (χ1n) is 27.6. The summed E-state index contributed by atoms with van der Waals surface area (Å²) in [5.41, 5.74) is -2.16. The second-order valence-electron chi connectivity index (χ2n) is 20.6. The van der Waals surface area contributed by atoms with Gasteiger partial charge in [-0.15, -0.1) is 0 Å². The smallest absolute Gasteiger partial charge is 0.256 e. The summed E-state index contributed by atoms with van der Waals surface area (Å²) in [4.78, 5) is 131. The van der Waals surface area contributed by atoms with Crippen molar-refractivity contribution in [2.24, 2.45) is 0 Å². The summed E-state index contributed by atoms with van der Waals surface area (Å²) in [6, 6.07) is 0. The van der Waals surface area contributed by atoms with Crippen LogP contribution in [0.4, 0.5) is 17.1 Å². The fourth-order valence-electron chi connectivity index (χ4n) is 8.30. The van der Waals surface area contributed by atoms with Gasteiger partial charge in [0.05, 0.1) is 123 Å². The van der Waals surface area contributed by atoms with Gasteiger partial charge in [-0.25, -0.2) is 0 Å². The Hall–Kier alpha value is -2.60. The number of carbonyl (C=O) groups is 9. The zero-order valence-electron chi connectivity index (χ0n) is 50.0. The first kappa shape index (κ1) is 85.6. The maximum atomic E-state index is 15.6. The van der Waals surface area contributed by atoms with Crippen LogP contribution < -0.4 is 31.9 Å². The van der Waals surface area contributed by atoms with E-state index in [1.807, 2.05) is 0 Å². The highest BCUT2D eigenvalue weighted by Gasteiger charge is 2.37. The molecule has 524 valence electrons. The zero-order valence-corrected chi connectivity index (χ0v) is 65.1. The highest BCUT2D eigenvalue weighted by molar-refractivity contribution is 14.1. The molecule has 9 unspecified atom stereocenters. The summed E-state index contributed by atoms with van der Waals surface area (Å²) in [6.07, 6.45) is -17.0. The Balaban J connectivity index is 2.37. The molecule has 3 aromatic carbocycles. The van der Waals surface area contributed by atoms with Crippen molar-refractivity contribution in [3.63, 3.8) is 0 Å². The van der Waals surface area contributed by atoms with E-state index in [9.17, 15) is 115 Å². The van der Waals surface area contributed by atoms with E-state index in [1.165, 1.54) is 37.7 Å². The molecule has 94 heavy (non-hydrogen) atoms. The lowest BCUT2D eigenvalue weighted by Gasteiger charge is -2.30. The molecule has 9 amide bonds. The molecule has 0 spiro atoms. The topological polar surface area (TPSA) is 539 Å². The number of aliphatic hydroxyl groups is 15. The van der Waals surface area contributed by atoms with Crippen molar-refractivity contribution in [3.05, 3.63) is 69.5 Å². The minimum atomic E-state index is -2.26. The van der Waals surface area contributed by atoms with Gasteiger partial charge in [-0.05, 0) is 190 Å². The Morgan fingerprint density at radius 1 is 0.362 bits per heavy atom. The van der Waals surface area contributed by atoms with E-state index >= 15 is 4.79 Å². The zero-order chi connectivity index (χ0) is 71.7. The molecule has 0 heterocycles. The van der Waals surface area contributed by atoms with Crippen LogP contribution in [0.5, 0.6) is 0 Å². The van der Waals surface area contributed by atoms with Crippen molar-refractivity contribution < 1.29 is 120 Å². The third-order valence-electron chi connectivity index (χ3n) is 13.8. The second kappa shape index (κ2) is 40.0. The molecule has 3 aromatic rings. The number of nitrogens with one attached hydrogen (secondary N) is 6. The molecule has 0 aliphatic heterocycles. The monoisotopic (exact) mass is 2120 g/mol. The average Bonchev–Trinajstić information content (AvgIpc) is 0.779. The average molecular weight is 2120 g/mol. The van der Waals surface area contributed by atoms with Crippen LogP contribution in [-0.2, 0) is 14.4 Å². The molecular weight excluding hydrogens is 2050 g/mol. The molecule has 0 aliphatic rings. The van der Waals surface area contributed by atoms with Crippen LogP contribution in [0.1, 0.15) is 79.7 Å². The van der Waals surface area contributed by atoms with Gasteiger partial charge in [0.25, 0.3) is 53.2 Å². The van der Waals surface area contributed by atoms with Crippen LogP contribution in [0.15, 0.2) is 0 Å². The van der Waals surface area contributed by atoms with Gasteiger partial charge in [0, 0.05) is 70.6 Å². The molecule has 33 nitrogen and oxygen atoms in total. The van der Waals surface area contributed by atoms with Crippen molar-refractivity contribution in [1.29, 1.82) is 0 Å². The fraction of sp³-hybridized carbons (Fsp3) is 0.500. The number of amides is 9. The Bertz CT molecular complexity index is 3300. The molecule has 0 saturated carbocycles. The first-order valence-corrected chi connectivity index (χ1v) is 35.1. The van der Waals surface area contributed by atoms with Crippen LogP contribution in [0, 0.1) is 38.8 Å². The highest BCUT2D eigenvalue weighted by atomic mass is 127. The normalized spacial score (nSPS) is 14.2. The number of anilines is 3. The van der Waals surface area contributed by atoms with E-state index < -0.39 is 180 Å². The Kier molecular flexibility index (Phi) is 36.4. The summed E-state index contributed by atoms with van der Waals surface area (Å²) < 4.78 is -0.105. The molecule has 0 fully saturated rings. The molecule has 40 heteroatoms. The second-order valence-corrected chi connectivity index (χ2v) is 28.2. The van der Waals surface area contributed by atoms with E-state index in [4.69, 9.17) is 0 Å². The van der Waals surface area contributed by atoms with E-state index in [0.717, 1.165) is 4.90 Å². The number of benzene rings is 3. The summed E-state index contributed by atoms with van der Waals surface area (Å²) in [5, 5.41) is 164. The molecule has 0 aromatic heterocycles. The Morgan fingerprint density at radius 3 is 0.989 bits per heavy atom. The highest BCUT2D eigenvalue weighted by Crippen LogP contribution is 2.39. The quantitative estimate of drug-likeness (QED) is 0.0254. The largest absolute Gasteiger partial charge is 0.394 e. The van der Waals surface area contributed by atoms with Gasteiger partial charge >= 0.3 is 0 Å². The van der Waals surface area contributed by atoms with Crippen LogP contribution in [-0.4, -0.2) is 299 Å². The van der Waals surface area contributed by atoms with E-state index in [0.29, 0.717) is 0 Å². The van der Waals surface area contributed by atoms with E-state index in [1.54, 1.807) is 158 Å². The standard InChI is InChI=1S/C54H70I7N9O24/c1-19-27(33(55)29(46(86)62-10-21(77)13-71)36(58)40(19)65-49(89)43(83)24(80)16-74)52(92)69(4)8-9-70(54(94)28-20(2)41(66-50(90)44(84)25(81)17-75)37(59)30(34(28)56)47(87)63-11-22(78)14-72)7-5-6-68(3)53(93)32-35(57)31(48(88)64-12-23(79)15-73)38(60)42(39(32)61)67-51(91)45(85)26(82)18-76/h21-26,43-45,71-85H,5-18H2,1-4H3,(H,62,86)(H,63,87)(H,64,88)(H,65,89)(H,66,90)(H,67,91). The number of likely N-dealkylation sites (N-methyl/N-ethyl adjacent to an activating group) is 1. The molecule has 0 saturated heterocycles. The van der Waals surface area contributed by atoms with Gasteiger partial charge in [-0.3, -0.25) is 43.2 Å². The Labute approximate surface area is 631 Å². The number of aliphatic hydroxyl groups excluding tert-OH is 15. The van der Waals surface area contributed by atoms with Crippen molar-refractivity contribution in [1.82, 2.24) is 30.7 Å². The van der Waals surface area contributed by atoms with E-state index in [-0.39, 0.29) is 106 Å². The summed E-state index contributed by atoms with van der Waals surface area (Å²) in [5.74, 6) is -9.14. The first-order chi connectivity index (χ1) is 44.0. The van der Waals surface area contributed by atoms with Crippen LogP contribution in [0.2, 0.25) is 0 Å². The summed E-state index contributed by atoms with van der Waals surface area (Å²) in [6.45, 7) is -5.58. The molecular formula is C54H70I7N9O24. The summed E-state index contributed by atoms with van der Waals surface area (Å²) in [7, 11) is 2.63. The van der Waals surface area contributed by atoms with Gasteiger partial charge < -0.3 is 123 Å². The van der Waals surface area contributed by atoms with Crippen molar-refractivity contribution in [2.75, 3.05) is 116 Å². The summed E-state index contributed by atoms with van der Waals surface area (Å²) >= 11 is 11.9. The third kappa shape index (κ3) is 21.7. The Morgan fingerprint density at radius 2 is 0.649 bits per heavy atom. The van der Waals surface area contributed by atoms with Crippen LogP contribution in [0.3, 0.4) is 0 Å². The maximum Gasteiger partial charge on any atom is 0.256 e. The molecule has 21 N–H and O–H groups in total. The number of nitrogens with zero attached hydrogens (tertiary/aromatic N) is 3. The minimum absolute atomic E-state index is 0.00175. The van der Waals surface area contributed by atoms with Gasteiger partial charge in [0.1, 0.15) is 18.3 Å². The molecule has 0 aliphatic carbocycles. The fourth-order valence-corrected chi connectivity index (χ4v) is 18.1. The van der Waals surface area contributed by atoms with Gasteiger partial charge in [-0.1, -0.05) is 0 Å². The minimum Gasteiger partial charge on any atom is -0.394 e.